The van der Waals surface area contributed by atoms with Crippen LogP contribution in [0.3, 0.4) is 0 Å². The summed E-state index contributed by atoms with van der Waals surface area (Å²) in [5.41, 5.74) is 0. The average Bonchev–Trinajstić information content (AvgIpc) is 2.71. The molecule has 0 atom stereocenters. The van der Waals surface area contributed by atoms with Crippen molar-refractivity contribution in [3.05, 3.63) is 5.82 Å². The zero-order valence-corrected chi connectivity index (χ0v) is 10.3. The third-order valence-corrected chi connectivity index (χ3v) is 2.80. The topological polar surface area (TPSA) is 47.0 Å². The molecule has 15 heavy (non-hydrogen) atoms. The van der Waals surface area contributed by atoms with Gasteiger partial charge in [-0.05, 0) is 19.3 Å². The largest absolute Gasteiger partial charge is 0.385 e. The number of aromatic nitrogens is 2. The second-order valence-corrected chi connectivity index (χ2v) is 4.10. The number of ether oxygens (including phenoxy) is 1. The molecule has 0 saturated heterocycles. The van der Waals surface area contributed by atoms with E-state index in [0.29, 0.717) is 0 Å². The fourth-order valence-electron chi connectivity index (χ4n) is 1.21. The molecule has 0 fully saturated rings. The molecule has 1 aromatic rings. The van der Waals surface area contributed by atoms with Crippen LogP contribution in [0.15, 0.2) is 0 Å². The first-order chi connectivity index (χ1) is 7.36. The Bertz CT molecular complexity index is 265. The molecule has 1 N–H and O–H groups in total. The number of hydrogen-bond donors (Lipinski definition) is 1. The van der Waals surface area contributed by atoms with Gasteiger partial charge in [0.05, 0.1) is 0 Å². The van der Waals surface area contributed by atoms with E-state index < -0.39 is 0 Å². The number of rotatable bonds is 8. The van der Waals surface area contributed by atoms with Gasteiger partial charge < -0.3 is 10.1 Å². The molecule has 1 aromatic heterocycles. The van der Waals surface area contributed by atoms with E-state index in [1.54, 1.807) is 7.11 Å². The summed E-state index contributed by atoms with van der Waals surface area (Å²) >= 11 is 1.45. The number of unbranched alkanes of at least 4 members (excludes halogenated alkanes) is 2. The van der Waals surface area contributed by atoms with Crippen LogP contribution in [0.5, 0.6) is 0 Å². The van der Waals surface area contributed by atoms with Crippen molar-refractivity contribution >= 4 is 16.7 Å². The lowest BCUT2D eigenvalue weighted by Gasteiger charge is -2.01. The second-order valence-electron chi connectivity index (χ2n) is 3.35. The highest BCUT2D eigenvalue weighted by Gasteiger charge is 2.00. The Morgan fingerprint density at radius 1 is 1.33 bits per heavy atom. The van der Waals surface area contributed by atoms with Crippen LogP contribution in [0.4, 0.5) is 5.13 Å². The number of hydrogen-bond acceptors (Lipinski definition) is 5. The fourth-order valence-corrected chi connectivity index (χ4v) is 1.89. The van der Waals surface area contributed by atoms with Crippen LogP contribution in [-0.2, 0) is 11.2 Å². The molecular formula is C10H19N3OS. The van der Waals surface area contributed by atoms with Crippen LogP contribution < -0.4 is 5.32 Å². The quantitative estimate of drug-likeness (QED) is 0.695. The Labute approximate surface area is 95.2 Å². The van der Waals surface area contributed by atoms with Gasteiger partial charge in [0.25, 0.3) is 0 Å². The van der Waals surface area contributed by atoms with Crippen LogP contribution >= 0.6 is 11.5 Å². The van der Waals surface area contributed by atoms with Gasteiger partial charge in [-0.1, -0.05) is 6.92 Å². The van der Waals surface area contributed by atoms with Crippen LogP contribution in [-0.4, -0.2) is 29.6 Å². The minimum atomic E-state index is 0.860. The number of nitrogens with zero attached hydrogens (tertiary/aromatic N) is 2. The minimum Gasteiger partial charge on any atom is -0.385 e. The third-order valence-electron chi connectivity index (χ3n) is 2.09. The molecule has 0 spiro atoms. The highest BCUT2D eigenvalue weighted by molar-refractivity contribution is 7.09. The van der Waals surface area contributed by atoms with Crippen molar-refractivity contribution in [2.45, 2.75) is 32.6 Å². The molecule has 0 saturated carbocycles. The van der Waals surface area contributed by atoms with E-state index in [2.05, 4.69) is 21.6 Å². The lowest BCUT2D eigenvalue weighted by Crippen LogP contribution is -2.01. The molecule has 0 aliphatic rings. The summed E-state index contributed by atoms with van der Waals surface area (Å²) < 4.78 is 9.19. The molecule has 86 valence electrons. The van der Waals surface area contributed by atoms with Gasteiger partial charge in [0.15, 0.2) is 0 Å². The maximum Gasteiger partial charge on any atom is 0.202 e. The van der Waals surface area contributed by atoms with Gasteiger partial charge in [0, 0.05) is 38.2 Å². The predicted octanol–water partition coefficient (Wildman–Crippen LogP) is 2.33. The maximum absolute atomic E-state index is 4.98. The SMILES string of the molecule is CCc1nsc(NCCCCCOC)n1. The van der Waals surface area contributed by atoms with Crippen molar-refractivity contribution in [1.29, 1.82) is 0 Å². The lowest BCUT2D eigenvalue weighted by molar-refractivity contribution is 0.192. The number of methoxy groups -OCH3 is 1. The highest BCUT2D eigenvalue weighted by atomic mass is 32.1. The predicted molar refractivity (Wildman–Crippen MR) is 63.5 cm³/mol. The van der Waals surface area contributed by atoms with Crippen molar-refractivity contribution in [3.63, 3.8) is 0 Å². The van der Waals surface area contributed by atoms with E-state index in [0.717, 1.165) is 43.4 Å². The maximum atomic E-state index is 4.98. The minimum absolute atomic E-state index is 0.860. The Balaban J connectivity index is 2.04. The van der Waals surface area contributed by atoms with Gasteiger partial charge in [-0.25, -0.2) is 4.98 Å². The normalized spacial score (nSPS) is 10.5. The fraction of sp³-hybridized carbons (Fsp3) is 0.800. The first-order valence-electron chi connectivity index (χ1n) is 5.42. The highest BCUT2D eigenvalue weighted by Crippen LogP contribution is 2.11. The van der Waals surface area contributed by atoms with Crippen molar-refractivity contribution in [1.82, 2.24) is 9.36 Å². The van der Waals surface area contributed by atoms with Crippen molar-refractivity contribution in [2.75, 3.05) is 25.6 Å². The van der Waals surface area contributed by atoms with Crippen molar-refractivity contribution in [2.24, 2.45) is 0 Å². The molecule has 0 aliphatic heterocycles. The van der Waals surface area contributed by atoms with Crippen LogP contribution in [0.2, 0.25) is 0 Å². The Morgan fingerprint density at radius 2 is 2.20 bits per heavy atom. The van der Waals surface area contributed by atoms with Gasteiger partial charge in [-0.15, -0.1) is 0 Å². The van der Waals surface area contributed by atoms with Gasteiger partial charge in [-0.2, -0.15) is 4.37 Å². The van der Waals surface area contributed by atoms with Gasteiger partial charge in [0.1, 0.15) is 5.82 Å². The van der Waals surface area contributed by atoms with Crippen molar-refractivity contribution < 1.29 is 4.74 Å². The molecule has 0 unspecified atom stereocenters. The Hall–Kier alpha value is -0.680. The molecule has 0 amide bonds. The summed E-state index contributed by atoms with van der Waals surface area (Å²) in [5.74, 6) is 0.932. The molecule has 1 rings (SSSR count). The van der Waals surface area contributed by atoms with Gasteiger partial charge in [0.2, 0.25) is 5.13 Å². The summed E-state index contributed by atoms with van der Waals surface area (Å²) in [5, 5.41) is 4.22. The molecule has 5 heteroatoms. The standard InChI is InChI=1S/C10H19N3OS/c1-3-9-12-10(15-13-9)11-7-5-4-6-8-14-2/h3-8H2,1-2H3,(H,11,12,13). The van der Waals surface area contributed by atoms with E-state index in [9.17, 15) is 0 Å². The van der Waals surface area contributed by atoms with Gasteiger partial charge >= 0.3 is 0 Å². The van der Waals surface area contributed by atoms with E-state index in [1.165, 1.54) is 18.0 Å². The van der Waals surface area contributed by atoms with Crippen LogP contribution in [0.25, 0.3) is 0 Å². The monoisotopic (exact) mass is 229 g/mol. The Kier molecular flexibility index (Phi) is 6.27. The molecule has 0 radical (unpaired) electrons. The third kappa shape index (κ3) is 5.09. The van der Waals surface area contributed by atoms with E-state index >= 15 is 0 Å². The second kappa shape index (κ2) is 7.59. The summed E-state index contributed by atoms with van der Waals surface area (Å²) in [6, 6.07) is 0. The first-order valence-corrected chi connectivity index (χ1v) is 6.19. The average molecular weight is 229 g/mol. The number of anilines is 1. The number of nitrogens with one attached hydrogen (secondary N) is 1. The zero-order valence-electron chi connectivity index (χ0n) is 9.45. The summed E-state index contributed by atoms with van der Waals surface area (Å²) in [4.78, 5) is 4.33. The molecule has 0 aromatic carbocycles. The van der Waals surface area contributed by atoms with E-state index in [-0.39, 0.29) is 0 Å². The molecule has 1 heterocycles. The molecular weight excluding hydrogens is 210 g/mol. The Morgan fingerprint density at radius 3 is 2.87 bits per heavy atom. The van der Waals surface area contributed by atoms with Crippen LogP contribution in [0, 0.1) is 0 Å². The molecule has 0 aliphatic carbocycles. The number of aryl methyl sites for hydroxylation is 1. The molecule has 0 bridgehead atoms. The van der Waals surface area contributed by atoms with E-state index in [4.69, 9.17) is 4.74 Å². The van der Waals surface area contributed by atoms with Gasteiger partial charge in [-0.3, -0.25) is 0 Å². The van der Waals surface area contributed by atoms with Crippen molar-refractivity contribution in [3.8, 4) is 0 Å². The first kappa shape index (κ1) is 12.4. The van der Waals surface area contributed by atoms with Crippen LogP contribution in [0.1, 0.15) is 32.0 Å². The summed E-state index contributed by atoms with van der Waals surface area (Å²) in [6.45, 7) is 3.90. The summed E-state index contributed by atoms with van der Waals surface area (Å²) in [7, 11) is 1.74. The lowest BCUT2D eigenvalue weighted by atomic mass is 10.2. The zero-order chi connectivity index (χ0) is 10.9. The summed E-state index contributed by atoms with van der Waals surface area (Å²) in [6.07, 6.45) is 4.39. The molecule has 4 nitrogen and oxygen atoms in total. The smallest absolute Gasteiger partial charge is 0.202 e. The van der Waals surface area contributed by atoms with E-state index in [1.807, 2.05) is 0 Å².